The molecule has 2 fully saturated rings. The van der Waals surface area contributed by atoms with Crippen LogP contribution >= 0.6 is 0 Å². The van der Waals surface area contributed by atoms with Crippen LogP contribution in [0.4, 0.5) is 0 Å². The Morgan fingerprint density at radius 2 is 2.00 bits per heavy atom. The predicted molar refractivity (Wildman–Crippen MR) is 106 cm³/mol. The normalized spacial score (nSPS) is 26.4. The van der Waals surface area contributed by atoms with Crippen molar-refractivity contribution in [1.82, 2.24) is 20.2 Å². The number of ether oxygens (including phenoxy) is 1. The number of benzene rings is 1. The maximum atomic E-state index is 5.81. The van der Waals surface area contributed by atoms with Crippen molar-refractivity contribution in [3.8, 4) is 0 Å². The average Bonchev–Trinajstić information content (AvgIpc) is 3.40. The fourth-order valence-electron chi connectivity index (χ4n) is 4.71. The van der Waals surface area contributed by atoms with Crippen LogP contribution in [0, 0.1) is 0 Å². The summed E-state index contributed by atoms with van der Waals surface area (Å²) in [5.74, 6) is 1.05. The van der Waals surface area contributed by atoms with Crippen LogP contribution in [-0.4, -0.2) is 59.1 Å². The van der Waals surface area contributed by atoms with Gasteiger partial charge in [0.15, 0.2) is 0 Å². The summed E-state index contributed by atoms with van der Waals surface area (Å²) < 4.78 is 7.83. The predicted octanol–water partition coefficient (Wildman–Crippen LogP) is -0.323. The Morgan fingerprint density at radius 1 is 1.18 bits per heavy atom. The maximum Gasteiger partial charge on any atom is 0.209 e. The zero-order chi connectivity index (χ0) is 19.2. The number of rotatable bonds is 8. The Morgan fingerprint density at radius 3 is 2.71 bits per heavy atom. The molecule has 1 aromatic heterocycles. The lowest BCUT2D eigenvalue weighted by molar-refractivity contribution is -1.03. The van der Waals surface area contributed by atoms with Gasteiger partial charge in [-0.2, -0.15) is 0 Å². The smallest absolute Gasteiger partial charge is 0.209 e. The zero-order valence-electron chi connectivity index (χ0n) is 17.0. The topological polar surface area (TPSA) is 61.7 Å². The van der Waals surface area contributed by atoms with E-state index in [-0.39, 0.29) is 6.10 Å². The highest BCUT2D eigenvalue weighted by Crippen LogP contribution is 2.17. The summed E-state index contributed by atoms with van der Waals surface area (Å²) in [4.78, 5) is 3.33. The van der Waals surface area contributed by atoms with E-state index in [1.807, 2.05) is 4.68 Å². The molecule has 0 spiro atoms. The Labute approximate surface area is 167 Å². The van der Waals surface area contributed by atoms with Gasteiger partial charge in [0.1, 0.15) is 38.8 Å². The van der Waals surface area contributed by atoms with Gasteiger partial charge in [-0.3, -0.25) is 0 Å². The second kappa shape index (κ2) is 9.58. The Kier molecular flexibility index (Phi) is 6.67. The van der Waals surface area contributed by atoms with Gasteiger partial charge in [-0.05, 0) is 23.3 Å². The molecule has 7 heteroatoms. The third-order valence-corrected chi connectivity index (χ3v) is 6.24. The number of hydrogen-bond donors (Lipinski definition) is 2. The molecule has 0 radical (unpaired) electrons. The summed E-state index contributed by atoms with van der Waals surface area (Å²) in [5, 5.41) is 12.8. The van der Waals surface area contributed by atoms with Crippen molar-refractivity contribution in [3.05, 3.63) is 41.7 Å². The minimum Gasteiger partial charge on any atom is -0.376 e. The molecule has 4 rings (SSSR count). The molecule has 7 nitrogen and oxygen atoms in total. The van der Waals surface area contributed by atoms with Gasteiger partial charge < -0.3 is 14.5 Å². The van der Waals surface area contributed by atoms with E-state index in [1.165, 1.54) is 31.7 Å². The molecule has 0 bridgehead atoms. The minimum atomic E-state index is 0.270. The number of nitrogens with one attached hydrogen (secondary N) is 2. The van der Waals surface area contributed by atoms with Crippen LogP contribution < -0.4 is 9.80 Å². The third-order valence-electron chi connectivity index (χ3n) is 6.24. The van der Waals surface area contributed by atoms with Crippen molar-refractivity contribution in [3.63, 3.8) is 0 Å². The van der Waals surface area contributed by atoms with Crippen molar-refractivity contribution in [1.29, 1.82) is 0 Å². The molecule has 2 aromatic rings. The molecule has 28 heavy (non-hydrogen) atoms. The molecule has 0 saturated carbocycles. The SMILES string of the molecule is CCC[C@@H](c1nnnn1C[C@H]1CCCO1)[NH+]1CC[NH+](Cc2ccccc2)CC1. The summed E-state index contributed by atoms with van der Waals surface area (Å²) in [6, 6.07) is 11.2. The molecule has 0 aliphatic carbocycles. The lowest BCUT2D eigenvalue weighted by Gasteiger charge is -2.34. The highest BCUT2D eigenvalue weighted by atomic mass is 16.5. The van der Waals surface area contributed by atoms with Gasteiger partial charge in [-0.1, -0.05) is 43.7 Å². The minimum absolute atomic E-state index is 0.270. The van der Waals surface area contributed by atoms with Crippen molar-refractivity contribution < 1.29 is 14.5 Å². The van der Waals surface area contributed by atoms with E-state index in [1.54, 1.807) is 9.80 Å². The van der Waals surface area contributed by atoms with Crippen molar-refractivity contribution >= 4 is 0 Å². The number of nitrogens with zero attached hydrogens (tertiary/aromatic N) is 4. The zero-order valence-corrected chi connectivity index (χ0v) is 17.0. The van der Waals surface area contributed by atoms with E-state index in [0.717, 1.165) is 51.2 Å². The highest BCUT2D eigenvalue weighted by Gasteiger charge is 2.34. The largest absolute Gasteiger partial charge is 0.376 e. The van der Waals surface area contributed by atoms with E-state index >= 15 is 0 Å². The molecule has 152 valence electrons. The van der Waals surface area contributed by atoms with Gasteiger partial charge in [0.2, 0.25) is 5.82 Å². The van der Waals surface area contributed by atoms with Gasteiger partial charge in [0.25, 0.3) is 0 Å². The summed E-state index contributed by atoms with van der Waals surface area (Å²) >= 11 is 0. The number of piperazine rings is 1. The molecule has 2 atom stereocenters. The quantitative estimate of drug-likeness (QED) is 0.653. The van der Waals surface area contributed by atoms with Crippen LogP contribution in [0.15, 0.2) is 30.3 Å². The van der Waals surface area contributed by atoms with Crippen molar-refractivity contribution in [2.24, 2.45) is 0 Å². The molecule has 1 aromatic carbocycles. The van der Waals surface area contributed by atoms with E-state index in [2.05, 4.69) is 52.8 Å². The van der Waals surface area contributed by atoms with Gasteiger partial charge in [-0.25, -0.2) is 4.68 Å². The molecule has 0 unspecified atom stereocenters. The summed E-state index contributed by atoms with van der Waals surface area (Å²) in [6.45, 7) is 9.83. The monoisotopic (exact) mass is 386 g/mol. The average molecular weight is 387 g/mol. The van der Waals surface area contributed by atoms with Gasteiger partial charge in [-0.15, -0.1) is 5.10 Å². The molecule has 2 N–H and O–H groups in total. The second-order valence-electron chi connectivity index (χ2n) is 8.27. The first-order chi connectivity index (χ1) is 13.8. The first-order valence-corrected chi connectivity index (χ1v) is 10.9. The Bertz CT molecular complexity index is 707. The van der Waals surface area contributed by atoms with Crippen LogP contribution in [0.25, 0.3) is 0 Å². The lowest BCUT2D eigenvalue weighted by Crippen LogP contribution is -3.27. The molecular weight excluding hydrogens is 352 g/mol. The fraction of sp³-hybridized carbons (Fsp3) is 0.667. The molecule has 2 aliphatic rings. The maximum absolute atomic E-state index is 5.81. The third kappa shape index (κ3) is 4.77. The number of aromatic nitrogens is 4. The molecular formula is C21H34N6O+2. The first kappa shape index (κ1) is 19.5. The van der Waals surface area contributed by atoms with Gasteiger partial charge in [0, 0.05) is 18.6 Å². The van der Waals surface area contributed by atoms with Crippen LogP contribution in [0.5, 0.6) is 0 Å². The van der Waals surface area contributed by atoms with Gasteiger partial charge in [0.05, 0.1) is 12.6 Å². The van der Waals surface area contributed by atoms with E-state index in [9.17, 15) is 0 Å². The standard InChI is InChI=1S/C21H32N6O/c1-2-7-20(21-22-23-24-27(21)17-19-10-6-15-28-19)26-13-11-25(12-14-26)16-18-8-4-3-5-9-18/h3-5,8-9,19-20H,2,6-7,10-17H2,1H3/p+2/t19-,20+/m1/s1. The Hall–Kier alpha value is -1.83. The van der Waals surface area contributed by atoms with Crippen molar-refractivity contribution in [2.45, 2.75) is 57.8 Å². The number of tetrazole rings is 1. The van der Waals surface area contributed by atoms with E-state index in [4.69, 9.17) is 4.74 Å². The van der Waals surface area contributed by atoms with Crippen molar-refractivity contribution in [2.75, 3.05) is 32.8 Å². The van der Waals surface area contributed by atoms with E-state index in [0.29, 0.717) is 6.04 Å². The molecule has 0 amide bonds. The molecule has 2 saturated heterocycles. The molecule has 3 heterocycles. The van der Waals surface area contributed by atoms with Crippen LogP contribution in [0.3, 0.4) is 0 Å². The van der Waals surface area contributed by atoms with Crippen LogP contribution in [0.2, 0.25) is 0 Å². The van der Waals surface area contributed by atoms with Crippen LogP contribution in [0.1, 0.15) is 50.0 Å². The fourth-order valence-corrected chi connectivity index (χ4v) is 4.71. The second-order valence-corrected chi connectivity index (χ2v) is 8.27. The van der Waals surface area contributed by atoms with Gasteiger partial charge >= 0.3 is 0 Å². The lowest BCUT2D eigenvalue weighted by atomic mass is 10.1. The number of hydrogen-bond acceptors (Lipinski definition) is 4. The summed E-state index contributed by atoms with van der Waals surface area (Å²) in [5.41, 5.74) is 1.44. The molecule has 2 aliphatic heterocycles. The Balaban J connectivity index is 1.38. The number of quaternary nitrogens is 2. The summed E-state index contributed by atoms with van der Waals surface area (Å²) in [6.07, 6.45) is 4.83. The van der Waals surface area contributed by atoms with E-state index < -0.39 is 0 Å². The first-order valence-electron chi connectivity index (χ1n) is 10.9. The van der Waals surface area contributed by atoms with Crippen LogP contribution in [-0.2, 0) is 17.8 Å². The summed E-state index contributed by atoms with van der Waals surface area (Å²) in [7, 11) is 0. The highest BCUT2D eigenvalue weighted by molar-refractivity contribution is 5.13.